The number of carbonyl (C=O) groups is 1. The first-order valence-electron chi connectivity index (χ1n) is 9.58. The van der Waals surface area contributed by atoms with Gasteiger partial charge in [0.25, 0.3) is 0 Å². The van der Waals surface area contributed by atoms with Crippen LogP contribution in [0.1, 0.15) is 57.7 Å². The van der Waals surface area contributed by atoms with Crippen LogP contribution >= 0.6 is 0 Å². The number of esters is 1. The lowest BCUT2D eigenvalue weighted by Crippen LogP contribution is -2.23. The molecule has 0 aliphatic rings. The zero-order valence-corrected chi connectivity index (χ0v) is 16.3. The summed E-state index contributed by atoms with van der Waals surface area (Å²) in [5.41, 5.74) is 3.62. The number of rotatable bonds is 7. The van der Waals surface area contributed by atoms with Crippen molar-refractivity contribution in [3.63, 3.8) is 0 Å². The summed E-state index contributed by atoms with van der Waals surface area (Å²) in [4.78, 5) is 19.8. The maximum atomic E-state index is 11.8. The van der Waals surface area contributed by atoms with Gasteiger partial charge in [-0.2, -0.15) is 0 Å². The van der Waals surface area contributed by atoms with Gasteiger partial charge in [0.1, 0.15) is 5.60 Å². The van der Waals surface area contributed by atoms with E-state index in [4.69, 9.17) is 4.74 Å². The normalized spacial score (nSPS) is 12.0. The number of nitrogens with zero attached hydrogens (tertiary/aromatic N) is 1. The average Bonchev–Trinajstić information content (AvgIpc) is 2.98. The van der Waals surface area contributed by atoms with Crippen molar-refractivity contribution in [3.05, 3.63) is 41.7 Å². The van der Waals surface area contributed by atoms with Crippen molar-refractivity contribution in [2.75, 3.05) is 0 Å². The largest absolute Gasteiger partial charge is 0.460 e. The van der Waals surface area contributed by atoms with E-state index < -0.39 is 5.60 Å². The topological polar surface area (TPSA) is 75.2 Å². The molecule has 5 heteroatoms. The standard InChI is InChI=1S/C22H28N2O3/c1-22(2,3)27-20(26)8-6-4-5-7-18-21-17(11-12-23-18)16-10-9-15(14-25)13-19(16)24-21/h9-13,24-25H,4-8,14H2,1-3H3. The number of aliphatic hydroxyl groups excluding tert-OH is 1. The highest BCUT2D eigenvalue weighted by Gasteiger charge is 2.15. The third-order valence-corrected chi connectivity index (χ3v) is 4.56. The Bertz CT molecular complexity index is 938. The zero-order valence-electron chi connectivity index (χ0n) is 16.3. The minimum absolute atomic E-state index is 0.0358. The molecule has 0 aliphatic carbocycles. The number of aryl methyl sites for hydroxylation is 1. The third kappa shape index (κ3) is 4.86. The van der Waals surface area contributed by atoms with Crippen LogP contribution in [0.5, 0.6) is 0 Å². The number of aromatic nitrogens is 2. The molecule has 0 unspecified atom stereocenters. The van der Waals surface area contributed by atoms with Gasteiger partial charge in [0.15, 0.2) is 0 Å². The number of benzene rings is 1. The van der Waals surface area contributed by atoms with Gasteiger partial charge >= 0.3 is 5.97 Å². The van der Waals surface area contributed by atoms with E-state index >= 15 is 0 Å². The lowest BCUT2D eigenvalue weighted by Gasteiger charge is -2.19. The quantitative estimate of drug-likeness (QED) is 0.470. The fourth-order valence-electron chi connectivity index (χ4n) is 3.35. The van der Waals surface area contributed by atoms with E-state index in [2.05, 4.69) is 9.97 Å². The second kappa shape index (κ2) is 8.09. The highest BCUT2D eigenvalue weighted by molar-refractivity contribution is 6.07. The Hall–Kier alpha value is -2.40. The fourth-order valence-corrected chi connectivity index (χ4v) is 3.35. The van der Waals surface area contributed by atoms with Gasteiger partial charge in [0, 0.05) is 28.9 Å². The molecule has 0 radical (unpaired) electrons. The predicted molar refractivity (Wildman–Crippen MR) is 108 cm³/mol. The summed E-state index contributed by atoms with van der Waals surface area (Å²) < 4.78 is 5.34. The van der Waals surface area contributed by atoms with Gasteiger partial charge < -0.3 is 14.8 Å². The van der Waals surface area contributed by atoms with Crippen molar-refractivity contribution in [2.24, 2.45) is 0 Å². The van der Waals surface area contributed by atoms with Gasteiger partial charge in [-0.05, 0) is 57.7 Å². The molecule has 0 spiro atoms. The number of unbranched alkanes of at least 4 members (excludes halogenated alkanes) is 2. The molecule has 3 rings (SSSR count). The number of H-pyrrole nitrogens is 1. The van der Waals surface area contributed by atoms with Gasteiger partial charge in [-0.1, -0.05) is 18.6 Å². The van der Waals surface area contributed by atoms with Crippen LogP contribution in [0.15, 0.2) is 30.5 Å². The maximum Gasteiger partial charge on any atom is 0.306 e. The van der Waals surface area contributed by atoms with Gasteiger partial charge in [0.2, 0.25) is 0 Å². The molecule has 0 bridgehead atoms. The Morgan fingerprint density at radius 1 is 1.15 bits per heavy atom. The first kappa shape index (κ1) is 19.4. The molecule has 3 aromatic rings. The highest BCUT2D eigenvalue weighted by Crippen LogP contribution is 2.28. The Kier molecular flexibility index (Phi) is 5.80. The molecule has 2 aromatic heterocycles. The van der Waals surface area contributed by atoms with Gasteiger partial charge in [0.05, 0.1) is 17.8 Å². The molecule has 27 heavy (non-hydrogen) atoms. The molecule has 0 saturated carbocycles. The first-order valence-corrected chi connectivity index (χ1v) is 9.58. The Labute approximate surface area is 159 Å². The van der Waals surface area contributed by atoms with Crippen molar-refractivity contribution >= 4 is 27.8 Å². The lowest BCUT2D eigenvalue weighted by molar-refractivity contribution is -0.154. The third-order valence-electron chi connectivity index (χ3n) is 4.56. The minimum atomic E-state index is -0.415. The summed E-state index contributed by atoms with van der Waals surface area (Å²) >= 11 is 0. The lowest BCUT2D eigenvalue weighted by atomic mass is 10.1. The van der Waals surface area contributed by atoms with E-state index in [1.807, 2.05) is 51.2 Å². The van der Waals surface area contributed by atoms with Crippen molar-refractivity contribution in [3.8, 4) is 0 Å². The molecular weight excluding hydrogens is 340 g/mol. The molecule has 2 N–H and O–H groups in total. The van der Waals surface area contributed by atoms with Crippen LogP contribution in [0.4, 0.5) is 0 Å². The second-order valence-electron chi connectivity index (χ2n) is 7.99. The zero-order chi connectivity index (χ0) is 19.4. The van der Waals surface area contributed by atoms with Crippen LogP contribution < -0.4 is 0 Å². The number of hydrogen-bond acceptors (Lipinski definition) is 4. The summed E-state index contributed by atoms with van der Waals surface area (Å²) in [6.07, 6.45) is 5.96. The monoisotopic (exact) mass is 368 g/mol. The van der Waals surface area contributed by atoms with Gasteiger partial charge in [-0.3, -0.25) is 9.78 Å². The molecule has 0 amide bonds. The van der Waals surface area contributed by atoms with Crippen LogP contribution in [0.3, 0.4) is 0 Å². The average molecular weight is 368 g/mol. The minimum Gasteiger partial charge on any atom is -0.460 e. The van der Waals surface area contributed by atoms with Crippen LogP contribution in [0, 0.1) is 0 Å². The number of pyridine rings is 1. The fraction of sp³-hybridized carbons (Fsp3) is 0.455. The summed E-state index contributed by atoms with van der Waals surface area (Å²) in [5, 5.41) is 11.6. The number of carbonyl (C=O) groups excluding carboxylic acids is 1. The number of hydrogen-bond donors (Lipinski definition) is 2. The van der Waals surface area contributed by atoms with Crippen molar-refractivity contribution in [1.29, 1.82) is 0 Å². The van der Waals surface area contributed by atoms with Gasteiger partial charge in [-0.25, -0.2) is 0 Å². The second-order valence-corrected chi connectivity index (χ2v) is 7.99. The molecule has 0 fully saturated rings. The molecule has 5 nitrogen and oxygen atoms in total. The van der Waals surface area contributed by atoms with E-state index in [0.717, 1.165) is 58.7 Å². The molecule has 0 atom stereocenters. The highest BCUT2D eigenvalue weighted by atomic mass is 16.6. The van der Waals surface area contributed by atoms with Crippen LogP contribution in [0.25, 0.3) is 21.8 Å². The SMILES string of the molecule is CC(C)(C)OC(=O)CCCCCc1nccc2c1[nH]c1cc(CO)ccc12. The Balaban J connectivity index is 1.61. The first-order chi connectivity index (χ1) is 12.9. The number of ether oxygens (including phenoxy) is 1. The summed E-state index contributed by atoms with van der Waals surface area (Å²) in [6.45, 7) is 5.71. The van der Waals surface area contributed by atoms with Crippen LogP contribution in [-0.4, -0.2) is 26.6 Å². The predicted octanol–water partition coefficient (Wildman–Crippen LogP) is 4.65. The van der Waals surface area contributed by atoms with Crippen molar-refractivity contribution < 1.29 is 14.6 Å². The number of aromatic amines is 1. The summed E-state index contributed by atoms with van der Waals surface area (Å²) in [7, 11) is 0. The van der Waals surface area contributed by atoms with E-state index in [9.17, 15) is 9.90 Å². The Morgan fingerprint density at radius 2 is 1.96 bits per heavy atom. The molecule has 144 valence electrons. The van der Waals surface area contributed by atoms with Crippen molar-refractivity contribution in [2.45, 2.75) is 65.1 Å². The Morgan fingerprint density at radius 3 is 2.70 bits per heavy atom. The smallest absolute Gasteiger partial charge is 0.306 e. The number of aliphatic hydroxyl groups is 1. The van der Waals surface area contributed by atoms with E-state index in [1.165, 1.54) is 0 Å². The molecule has 0 aliphatic heterocycles. The van der Waals surface area contributed by atoms with E-state index in [1.54, 1.807) is 0 Å². The molecule has 2 heterocycles. The maximum absolute atomic E-state index is 11.8. The summed E-state index contributed by atoms with van der Waals surface area (Å²) in [5.74, 6) is -0.127. The van der Waals surface area contributed by atoms with E-state index in [-0.39, 0.29) is 12.6 Å². The van der Waals surface area contributed by atoms with E-state index in [0.29, 0.717) is 6.42 Å². The molecule has 1 aromatic carbocycles. The van der Waals surface area contributed by atoms with Gasteiger partial charge in [-0.15, -0.1) is 0 Å². The van der Waals surface area contributed by atoms with Crippen LogP contribution in [0.2, 0.25) is 0 Å². The summed E-state index contributed by atoms with van der Waals surface area (Å²) in [6, 6.07) is 8.01. The van der Waals surface area contributed by atoms with Crippen LogP contribution in [-0.2, 0) is 22.6 Å². The number of nitrogens with one attached hydrogen (secondary N) is 1. The number of fused-ring (bicyclic) bond motifs is 3. The van der Waals surface area contributed by atoms with Crippen molar-refractivity contribution in [1.82, 2.24) is 9.97 Å². The molecule has 0 saturated heterocycles. The molecular formula is C22H28N2O3.